The van der Waals surface area contributed by atoms with E-state index < -0.39 is 23.9 Å². The van der Waals surface area contributed by atoms with Crippen LogP contribution in [0.1, 0.15) is 22.6 Å². The predicted octanol–water partition coefficient (Wildman–Crippen LogP) is 3.25. The maximum atomic E-state index is 12.7. The summed E-state index contributed by atoms with van der Waals surface area (Å²) in [4.78, 5) is 18.9. The van der Waals surface area contributed by atoms with E-state index in [4.69, 9.17) is 0 Å². The lowest BCUT2D eigenvalue weighted by atomic mass is 10.1. The SMILES string of the molecule is O=c1[nH]c(C(F)(F)F)nc2c1CN(Cc1cccc(OC(F)(F)F)c1)CC2. The van der Waals surface area contributed by atoms with E-state index in [1.54, 1.807) is 16.0 Å². The lowest BCUT2D eigenvalue weighted by Crippen LogP contribution is -2.36. The molecule has 0 radical (unpaired) electrons. The van der Waals surface area contributed by atoms with Gasteiger partial charge in [-0.15, -0.1) is 13.2 Å². The van der Waals surface area contributed by atoms with Crippen LogP contribution < -0.4 is 10.3 Å². The Morgan fingerprint density at radius 2 is 1.93 bits per heavy atom. The van der Waals surface area contributed by atoms with Gasteiger partial charge in [-0.25, -0.2) is 4.98 Å². The van der Waals surface area contributed by atoms with Crippen LogP contribution in [-0.4, -0.2) is 27.8 Å². The van der Waals surface area contributed by atoms with Crippen LogP contribution in [0.5, 0.6) is 5.75 Å². The normalized spacial score (nSPS) is 15.5. The average Bonchev–Trinajstić information content (AvgIpc) is 2.53. The number of H-pyrrole nitrogens is 1. The number of alkyl halides is 6. The van der Waals surface area contributed by atoms with Crippen molar-refractivity contribution in [3.05, 3.63) is 57.3 Å². The molecule has 0 fully saturated rings. The first-order chi connectivity index (χ1) is 12.5. The smallest absolute Gasteiger partial charge is 0.406 e. The number of fused-ring (bicyclic) bond motifs is 1. The molecule has 27 heavy (non-hydrogen) atoms. The fraction of sp³-hybridized carbons (Fsp3) is 0.375. The highest BCUT2D eigenvalue weighted by molar-refractivity contribution is 5.29. The number of aromatic nitrogens is 2. The van der Waals surface area contributed by atoms with E-state index in [9.17, 15) is 31.1 Å². The Labute approximate surface area is 148 Å². The summed E-state index contributed by atoms with van der Waals surface area (Å²) in [6, 6.07) is 5.38. The highest BCUT2D eigenvalue weighted by Crippen LogP contribution is 2.27. The van der Waals surface area contributed by atoms with Crippen molar-refractivity contribution in [2.45, 2.75) is 32.0 Å². The quantitative estimate of drug-likeness (QED) is 0.814. The molecule has 0 unspecified atom stereocenters. The zero-order valence-electron chi connectivity index (χ0n) is 13.6. The number of hydrogen-bond acceptors (Lipinski definition) is 4. The van der Waals surface area contributed by atoms with Gasteiger partial charge in [-0.2, -0.15) is 13.2 Å². The zero-order chi connectivity index (χ0) is 19.8. The standard InChI is InChI=1S/C16H13F6N3O2/c17-15(18,19)14-23-12-4-5-25(8-11(12)13(26)24-14)7-9-2-1-3-10(6-9)27-16(20,21)22/h1-3,6H,4-5,7-8H2,(H,23,24,26). The van der Waals surface area contributed by atoms with Crippen LogP contribution in [0.3, 0.4) is 0 Å². The Kier molecular flexibility index (Phi) is 4.89. The van der Waals surface area contributed by atoms with Gasteiger partial charge in [0.1, 0.15) is 5.75 Å². The molecule has 11 heteroatoms. The highest BCUT2D eigenvalue weighted by Gasteiger charge is 2.36. The summed E-state index contributed by atoms with van der Waals surface area (Å²) >= 11 is 0. The lowest BCUT2D eigenvalue weighted by molar-refractivity contribution is -0.274. The first-order valence-electron chi connectivity index (χ1n) is 7.77. The summed E-state index contributed by atoms with van der Waals surface area (Å²) < 4.78 is 78.9. The number of aromatic amines is 1. The molecule has 0 atom stereocenters. The molecule has 5 nitrogen and oxygen atoms in total. The molecule has 3 rings (SSSR count). The van der Waals surface area contributed by atoms with Crippen LogP contribution >= 0.6 is 0 Å². The Hall–Kier alpha value is -2.56. The molecule has 0 aliphatic carbocycles. The van der Waals surface area contributed by atoms with Crippen LogP contribution in [0.15, 0.2) is 29.1 Å². The van der Waals surface area contributed by atoms with Crippen molar-refractivity contribution in [1.29, 1.82) is 0 Å². The van der Waals surface area contributed by atoms with Gasteiger partial charge in [-0.05, 0) is 17.7 Å². The summed E-state index contributed by atoms with van der Waals surface area (Å²) in [6.45, 7) is 0.556. The third-order valence-corrected chi connectivity index (χ3v) is 3.95. The largest absolute Gasteiger partial charge is 0.573 e. The minimum absolute atomic E-state index is 0.0418. The molecule has 0 bridgehead atoms. The first-order valence-corrected chi connectivity index (χ1v) is 7.77. The van der Waals surface area contributed by atoms with Gasteiger partial charge in [0.05, 0.1) is 11.3 Å². The monoisotopic (exact) mass is 393 g/mol. The van der Waals surface area contributed by atoms with E-state index in [-0.39, 0.29) is 36.5 Å². The molecule has 1 aliphatic heterocycles. The Morgan fingerprint density at radius 1 is 1.19 bits per heavy atom. The number of rotatable bonds is 3. The third kappa shape index (κ3) is 4.79. The highest BCUT2D eigenvalue weighted by atomic mass is 19.4. The molecule has 1 aliphatic rings. The zero-order valence-corrected chi connectivity index (χ0v) is 13.6. The van der Waals surface area contributed by atoms with E-state index in [1.807, 2.05) is 0 Å². The van der Waals surface area contributed by atoms with E-state index in [0.29, 0.717) is 12.1 Å². The molecule has 2 heterocycles. The van der Waals surface area contributed by atoms with Crippen molar-refractivity contribution >= 4 is 0 Å². The topological polar surface area (TPSA) is 58.2 Å². The molecule has 1 aromatic carbocycles. The Balaban J connectivity index is 1.76. The van der Waals surface area contributed by atoms with Gasteiger partial charge in [0, 0.05) is 26.1 Å². The summed E-state index contributed by atoms with van der Waals surface area (Å²) in [6.07, 6.45) is -9.43. The van der Waals surface area contributed by atoms with Crippen molar-refractivity contribution in [3.63, 3.8) is 0 Å². The van der Waals surface area contributed by atoms with Gasteiger partial charge in [-0.3, -0.25) is 9.69 Å². The van der Waals surface area contributed by atoms with Crippen LogP contribution in [-0.2, 0) is 25.7 Å². The summed E-state index contributed by atoms with van der Waals surface area (Å²) in [5, 5.41) is 0. The molecular formula is C16H13F6N3O2. The number of hydrogen-bond donors (Lipinski definition) is 1. The summed E-state index contributed by atoms with van der Waals surface area (Å²) in [5.41, 5.74) is -0.156. The molecule has 146 valence electrons. The van der Waals surface area contributed by atoms with Crippen LogP contribution in [0, 0.1) is 0 Å². The van der Waals surface area contributed by atoms with Crippen LogP contribution in [0.4, 0.5) is 26.3 Å². The second kappa shape index (κ2) is 6.87. The minimum Gasteiger partial charge on any atom is -0.406 e. The van der Waals surface area contributed by atoms with Crippen molar-refractivity contribution in [2.24, 2.45) is 0 Å². The Bertz CT molecular complexity index is 891. The molecule has 0 saturated carbocycles. The number of ether oxygens (including phenoxy) is 1. The second-order valence-electron chi connectivity index (χ2n) is 5.99. The summed E-state index contributed by atoms with van der Waals surface area (Å²) in [7, 11) is 0. The fourth-order valence-electron chi connectivity index (χ4n) is 2.85. The maximum absolute atomic E-state index is 12.7. The molecule has 2 aromatic rings. The number of benzene rings is 1. The molecular weight excluding hydrogens is 380 g/mol. The van der Waals surface area contributed by atoms with Gasteiger partial charge in [0.25, 0.3) is 5.56 Å². The molecule has 0 amide bonds. The lowest BCUT2D eigenvalue weighted by Gasteiger charge is -2.28. The summed E-state index contributed by atoms with van der Waals surface area (Å²) in [5.74, 6) is -1.71. The van der Waals surface area contributed by atoms with Gasteiger partial charge in [0.2, 0.25) is 5.82 Å². The Morgan fingerprint density at radius 3 is 2.59 bits per heavy atom. The van der Waals surface area contributed by atoms with Crippen molar-refractivity contribution < 1.29 is 31.1 Å². The number of nitrogens with one attached hydrogen (secondary N) is 1. The van der Waals surface area contributed by atoms with E-state index in [2.05, 4.69) is 9.72 Å². The maximum Gasteiger partial charge on any atom is 0.573 e. The van der Waals surface area contributed by atoms with Crippen LogP contribution in [0.2, 0.25) is 0 Å². The van der Waals surface area contributed by atoms with Gasteiger partial charge in [-0.1, -0.05) is 12.1 Å². The molecule has 0 saturated heterocycles. The van der Waals surface area contributed by atoms with Crippen LogP contribution in [0.25, 0.3) is 0 Å². The average molecular weight is 393 g/mol. The van der Waals surface area contributed by atoms with Crippen molar-refractivity contribution in [1.82, 2.24) is 14.9 Å². The number of halogens is 6. The minimum atomic E-state index is -4.81. The van der Waals surface area contributed by atoms with Gasteiger partial charge >= 0.3 is 12.5 Å². The predicted molar refractivity (Wildman–Crippen MR) is 80.8 cm³/mol. The molecule has 0 spiro atoms. The molecule has 1 N–H and O–H groups in total. The van der Waals surface area contributed by atoms with E-state index >= 15 is 0 Å². The second-order valence-corrected chi connectivity index (χ2v) is 5.99. The van der Waals surface area contributed by atoms with Crippen molar-refractivity contribution in [3.8, 4) is 5.75 Å². The van der Waals surface area contributed by atoms with Crippen molar-refractivity contribution in [2.75, 3.05) is 6.54 Å². The van der Waals surface area contributed by atoms with E-state index in [1.165, 1.54) is 12.1 Å². The number of nitrogens with zero attached hydrogens (tertiary/aromatic N) is 2. The van der Waals surface area contributed by atoms with E-state index in [0.717, 1.165) is 6.07 Å². The van der Waals surface area contributed by atoms with Gasteiger partial charge in [0.15, 0.2) is 0 Å². The molecule has 1 aromatic heterocycles. The first kappa shape index (κ1) is 19.2. The fourth-order valence-corrected chi connectivity index (χ4v) is 2.85. The van der Waals surface area contributed by atoms with Gasteiger partial charge < -0.3 is 9.72 Å². The third-order valence-electron chi connectivity index (χ3n) is 3.95.